The number of aliphatic imine (C=N–C) groups is 1. The standard InChI is InChI=1S/C32H29F3N6O5.CH2Cl2/c1-16-7-20(44-3)11-28(45-4)21(16)13-41-14-22-29(36-15-37-30(22)39-31(41)43)26(42)8-17(2)27-12-25(40-46-27)24-10-18-9-19(32(33,34)35)5-6-23(18)38-24;2-1-3/h5-7,9,11-12,15,17H,8,10,13-14H2,1-4H3,(H,36,37,39,43);1H2/t17-;/m0./s1. The van der Waals surface area contributed by atoms with Crippen LogP contribution in [-0.4, -0.2) is 57.1 Å². The molecule has 0 spiro atoms. The molecule has 2 amide bonds. The molecule has 1 atom stereocenters. The molecule has 0 saturated heterocycles. The largest absolute Gasteiger partial charge is 0.497 e. The fourth-order valence-corrected chi connectivity index (χ4v) is 5.59. The van der Waals surface area contributed by atoms with Gasteiger partial charge in [0.2, 0.25) is 0 Å². The van der Waals surface area contributed by atoms with Gasteiger partial charge in [0, 0.05) is 42.0 Å². The second-order valence-corrected chi connectivity index (χ2v) is 12.1. The molecule has 16 heteroatoms. The van der Waals surface area contributed by atoms with Gasteiger partial charge in [-0.05, 0) is 42.3 Å². The number of Topliss-reactive ketones (excluding diaryl/α,β-unsaturated/α-hetero) is 1. The number of carbonyl (C=O) groups is 2. The van der Waals surface area contributed by atoms with Crippen molar-refractivity contribution in [1.82, 2.24) is 20.0 Å². The molecule has 2 aliphatic rings. The molecule has 49 heavy (non-hydrogen) atoms. The Labute approximate surface area is 289 Å². The van der Waals surface area contributed by atoms with Gasteiger partial charge in [-0.25, -0.2) is 14.8 Å². The van der Waals surface area contributed by atoms with E-state index in [1.54, 1.807) is 38.2 Å². The average Bonchev–Trinajstić information content (AvgIpc) is 3.73. The van der Waals surface area contributed by atoms with E-state index in [1.807, 2.05) is 13.0 Å². The highest BCUT2D eigenvalue weighted by atomic mass is 35.5. The number of alkyl halides is 5. The molecule has 0 aliphatic carbocycles. The lowest BCUT2D eigenvalue weighted by atomic mass is 9.97. The zero-order chi connectivity index (χ0) is 35.5. The number of halogens is 5. The Balaban J connectivity index is 0.00000151. The first-order valence-electron chi connectivity index (χ1n) is 14.9. The van der Waals surface area contributed by atoms with Crippen LogP contribution in [0.2, 0.25) is 0 Å². The number of methoxy groups -OCH3 is 2. The summed E-state index contributed by atoms with van der Waals surface area (Å²) in [5.41, 5.74) is 3.36. The maximum Gasteiger partial charge on any atom is 0.416 e. The van der Waals surface area contributed by atoms with E-state index in [9.17, 15) is 22.8 Å². The van der Waals surface area contributed by atoms with Gasteiger partial charge in [0.05, 0.1) is 49.6 Å². The van der Waals surface area contributed by atoms with E-state index in [2.05, 4.69) is 25.4 Å². The highest BCUT2D eigenvalue weighted by Crippen LogP contribution is 2.37. The number of urea groups is 1. The predicted molar refractivity (Wildman–Crippen MR) is 176 cm³/mol. The second kappa shape index (κ2) is 14.8. The number of nitrogens with one attached hydrogen (secondary N) is 1. The van der Waals surface area contributed by atoms with E-state index < -0.39 is 17.7 Å². The Kier molecular flexibility index (Phi) is 10.8. The minimum absolute atomic E-state index is 0.0130. The van der Waals surface area contributed by atoms with Gasteiger partial charge < -0.3 is 18.9 Å². The number of hydrogen-bond acceptors (Lipinski definition) is 9. The topological polar surface area (TPSA) is 132 Å². The molecule has 6 rings (SSSR count). The number of benzene rings is 2. The fourth-order valence-electron chi connectivity index (χ4n) is 5.59. The second-order valence-electron chi connectivity index (χ2n) is 11.3. The van der Waals surface area contributed by atoms with Crippen LogP contribution in [-0.2, 0) is 25.7 Å². The molecule has 0 fully saturated rings. The van der Waals surface area contributed by atoms with Crippen LogP contribution in [0.5, 0.6) is 11.5 Å². The highest BCUT2D eigenvalue weighted by molar-refractivity contribution is 6.40. The van der Waals surface area contributed by atoms with Crippen LogP contribution in [0.15, 0.2) is 52.2 Å². The third kappa shape index (κ3) is 7.81. The van der Waals surface area contributed by atoms with Crippen molar-refractivity contribution in [2.24, 2.45) is 4.99 Å². The van der Waals surface area contributed by atoms with Crippen molar-refractivity contribution in [3.63, 3.8) is 0 Å². The van der Waals surface area contributed by atoms with Crippen molar-refractivity contribution in [2.45, 2.75) is 51.9 Å². The molecule has 11 nitrogen and oxygen atoms in total. The zero-order valence-corrected chi connectivity index (χ0v) is 28.3. The number of ether oxygens (including phenoxy) is 2. The molecular weight excluding hydrogens is 688 g/mol. The molecule has 2 aromatic carbocycles. The summed E-state index contributed by atoms with van der Waals surface area (Å²) >= 11 is 9.53. The quantitative estimate of drug-likeness (QED) is 0.137. The number of nitrogens with zero attached hydrogens (tertiary/aromatic N) is 5. The summed E-state index contributed by atoms with van der Waals surface area (Å²) in [6.07, 6.45) is -3.03. The molecule has 2 aromatic heterocycles. The summed E-state index contributed by atoms with van der Waals surface area (Å²) in [6.45, 7) is 3.99. The van der Waals surface area contributed by atoms with E-state index in [4.69, 9.17) is 37.2 Å². The predicted octanol–water partition coefficient (Wildman–Crippen LogP) is 7.83. The van der Waals surface area contributed by atoms with E-state index in [-0.39, 0.29) is 54.6 Å². The lowest BCUT2D eigenvalue weighted by Gasteiger charge is -2.30. The Hall–Kier alpha value is -4.69. The van der Waals surface area contributed by atoms with Crippen LogP contribution in [0, 0.1) is 6.92 Å². The maximum atomic E-state index is 13.6. The summed E-state index contributed by atoms with van der Waals surface area (Å²) < 4.78 is 55.9. The minimum atomic E-state index is -4.45. The molecule has 1 N–H and O–H groups in total. The van der Waals surface area contributed by atoms with Gasteiger partial charge in [-0.2, -0.15) is 13.2 Å². The lowest BCUT2D eigenvalue weighted by molar-refractivity contribution is -0.137. The Morgan fingerprint density at radius 1 is 1.12 bits per heavy atom. The molecule has 0 bridgehead atoms. The van der Waals surface area contributed by atoms with Gasteiger partial charge in [0.25, 0.3) is 0 Å². The third-order valence-electron chi connectivity index (χ3n) is 8.10. The molecule has 0 unspecified atom stereocenters. The summed E-state index contributed by atoms with van der Waals surface area (Å²) in [7, 11) is 3.10. The van der Waals surface area contributed by atoms with Crippen LogP contribution in [0.4, 0.5) is 29.5 Å². The summed E-state index contributed by atoms with van der Waals surface area (Å²) in [6, 6.07) is 8.30. The number of fused-ring (bicyclic) bond motifs is 2. The van der Waals surface area contributed by atoms with Gasteiger partial charge in [0.15, 0.2) is 5.78 Å². The van der Waals surface area contributed by atoms with E-state index in [0.29, 0.717) is 45.5 Å². The molecule has 0 saturated carbocycles. The summed E-state index contributed by atoms with van der Waals surface area (Å²) in [5.74, 6) is 1.17. The molecule has 4 aromatic rings. The first kappa shape index (κ1) is 35.6. The molecule has 4 heterocycles. The smallest absolute Gasteiger partial charge is 0.416 e. The number of carbonyl (C=O) groups excluding carboxylic acids is 2. The minimum Gasteiger partial charge on any atom is -0.497 e. The number of rotatable bonds is 9. The van der Waals surface area contributed by atoms with Crippen molar-refractivity contribution >= 4 is 52.2 Å². The third-order valence-corrected chi connectivity index (χ3v) is 8.10. The SMILES string of the molecule is COc1cc(C)c(CN2Cc3c(ncnc3C(=O)C[C@H](C)c3cc(C4=Nc5ccc(C(F)(F)F)cc5C4)no3)NC2=O)c(OC)c1.ClCCl. The van der Waals surface area contributed by atoms with Gasteiger partial charge in [-0.1, -0.05) is 12.1 Å². The van der Waals surface area contributed by atoms with Crippen molar-refractivity contribution < 1.29 is 36.8 Å². The van der Waals surface area contributed by atoms with Crippen molar-refractivity contribution in [3.05, 3.63) is 87.7 Å². The number of aromatic nitrogens is 3. The van der Waals surface area contributed by atoms with E-state index in [1.165, 1.54) is 12.4 Å². The zero-order valence-electron chi connectivity index (χ0n) is 26.8. The number of amides is 2. The summed E-state index contributed by atoms with van der Waals surface area (Å²) in [5, 5.41) is 7.03. The highest BCUT2D eigenvalue weighted by Gasteiger charge is 2.33. The number of aryl methyl sites for hydroxylation is 1. The summed E-state index contributed by atoms with van der Waals surface area (Å²) in [4.78, 5) is 41.0. The molecule has 2 aliphatic heterocycles. The lowest BCUT2D eigenvalue weighted by Crippen LogP contribution is -2.39. The van der Waals surface area contributed by atoms with Gasteiger partial charge >= 0.3 is 12.2 Å². The Bertz CT molecular complexity index is 1920. The Morgan fingerprint density at radius 3 is 2.57 bits per heavy atom. The van der Waals surface area contributed by atoms with Gasteiger partial charge in [0.1, 0.15) is 40.8 Å². The maximum absolute atomic E-state index is 13.6. The van der Waals surface area contributed by atoms with Crippen LogP contribution in [0.25, 0.3) is 0 Å². The van der Waals surface area contributed by atoms with Crippen LogP contribution < -0.4 is 14.8 Å². The molecule has 0 radical (unpaired) electrons. The van der Waals surface area contributed by atoms with E-state index >= 15 is 0 Å². The normalized spacial score (nSPS) is 14.2. The van der Waals surface area contributed by atoms with Gasteiger partial charge in [-0.15, -0.1) is 23.2 Å². The van der Waals surface area contributed by atoms with Crippen LogP contribution >= 0.6 is 23.2 Å². The molecule has 258 valence electrons. The first-order chi connectivity index (χ1) is 23.4. The fraction of sp³-hybridized carbons (Fsp3) is 0.333. The van der Waals surface area contributed by atoms with Gasteiger partial charge in [-0.3, -0.25) is 15.1 Å². The van der Waals surface area contributed by atoms with Crippen LogP contribution in [0.3, 0.4) is 0 Å². The average molecular weight is 720 g/mol. The number of hydrogen-bond donors (Lipinski definition) is 1. The monoisotopic (exact) mass is 718 g/mol. The van der Waals surface area contributed by atoms with Crippen molar-refractivity contribution in [1.29, 1.82) is 0 Å². The number of anilines is 1. The number of ketones is 1. The van der Waals surface area contributed by atoms with Crippen LogP contribution in [0.1, 0.15) is 69.0 Å². The van der Waals surface area contributed by atoms with Crippen molar-refractivity contribution in [3.8, 4) is 11.5 Å². The molecular formula is C33H31Cl2F3N6O5. The van der Waals surface area contributed by atoms with Crippen molar-refractivity contribution in [2.75, 3.05) is 24.9 Å². The first-order valence-corrected chi connectivity index (χ1v) is 15.9. The van der Waals surface area contributed by atoms with E-state index in [0.717, 1.165) is 23.3 Å². The Morgan fingerprint density at radius 2 is 1.88 bits per heavy atom.